The average molecular weight is 174 g/mol. The lowest BCUT2D eigenvalue weighted by Crippen LogP contribution is -2.32. The Labute approximate surface area is 77.7 Å². The van der Waals surface area contributed by atoms with Crippen molar-refractivity contribution in [2.45, 2.75) is 53.0 Å². The van der Waals surface area contributed by atoms with Crippen molar-refractivity contribution < 1.29 is 0 Å². The molecule has 2 nitrogen and oxygen atoms in total. The second kappa shape index (κ2) is 7.56. The molecule has 0 aromatic heterocycles. The van der Waals surface area contributed by atoms with Gasteiger partial charge in [0.15, 0.2) is 0 Å². The van der Waals surface area contributed by atoms with E-state index in [1.807, 2.05) is 13.8 Å². The first-order valence-electron chi connectivity index (χ1n) is 4.78. The van der Waals surface area contributed by atoms with Crippen LogP contribution in [-0.4, -0.2) is 12.1 Å². The van der Waals surface area contributed by atoms with Crippen LogP contribution in [0.4, 0.5) is 0 Å². The Bertz CT molecular complexity index is 79.6. The van der Waals surface area contributed by atoms with Gasteiger partial charge in [-0.25, -0.2) is 0 Å². The van der Waals surface area contributed by atoms with Gasteiger partial charge in [0.25, 0.3) is 0 Å². The summed E-state index contributed by atoms with van der Waals surface area (Å²) < 4.78 is 0. The minimum absolute atomic E-state index is 0.0284. The minimum Gasteiger partial charge on any atom is -0.330 e. The van der Waals surface area contributed by atoms with Gasteiger partial charge in [0.2, 0.25) is 0 Å². The fourth-order valence-corrected chi connectivity index (χ4v) is 0.558. The van der Waals surface area contributed by atoms with Crippen molar-refractivity contribution >= 4 is 0 Å². The molecule has 0 aliphatic heterocycles. The van der Waals surface area contributed by atoms with Crippen molar-refractivity contribution in [2.24, 2.45) is 17.4 Å². The van der Waals surface area contributed by atoms with Gasteiger partial charge in [0.05, 0.1) is 0 Å². The number of nitrogens with two attached hydrogens (primary N) is 2. The lowest BCUT2D eigenvalue weighted by molar-refractivity contribution is 0.462. The molecule has 0 aliphatic rings. The highest BCUT2D eigenvalue weighted by molar-refractivity contribution is 4.70. The van der Waals surface area contributed by atoms with Crippen LogP contribution in [0, 0.1) is 5.92 Å². The van der Waals surface area contributed by atoms with Crippen LogP contribution in [0.5, 0.6) is 0 Å². The molecular weight excluding hydrogens is 148 g/mol. The van der Waals surface area contributed by atoms with Crippen LogP contribution >= 0.6 is 0 Å². The van der Waals surface area contributed by atoms with Crippen molar-refractivity contribution in [3.63, 3.8) is 0 Å². The molecular formula is C10H26N2. The smallest absolute Gasteiger partial charge is 0.00975 e. The summed E-state index contributed by atoms with van der Waals surface area (Å²) in [6, 6.07) is 0. The van der Waals surface area contributed by atoms with E-state index < -0.39 is 0 Å². The Morgan fingerprint density at radius 1 is 1.17 bits per heavy atom. The molecule has 76 valence electrons. The minimum atomic E-state index is -0.0284. The van der Waals surface area contributed by atoms with E-state index in [1.165, 1.54) is 0 Å². The highest BCUT2D eigenvalue weighted by Crippen LogP contribution is 2.04. The summed E-state index contributed by atoms with van der Waals surface area (Å²) >= 11 is 0. The molecule has 0 unspecified atom stereocenters. The van der Waals surface area contributed by atoms with Gasteiger partial charge in [0.1, 0.15) is 0 Å². The Kier molecular flexibility index (Phi) is 9.10. The molecule has 0 heterocycles. The van der Waals surface area contributed by atoms with E-state index in [9.17, 15) is 0 Å². The van der Waals surface area contributed by atoms with Crippen LogP contribution < -0.4 is 11.5 Å². The van der Waals surface area contributed by atoms with E-state index in [0.717, 1.165) is 25.3 Å². The summed E-state index contributed by atoms with van der Waals surface area (Å²) in [7, 11) is 0. The lowest BCUT2D eigenvalue weighted by atomic mass is 10.0. The molecule has 0 rings (SSSR count). The quantitative estimate of drug-likeness (QED) is 0.688. The Morgan fingerprint density at radius 3 is 1.58 bits per heavy atom. The lowest BCUT2D eigenvalue weighted by Gasteiger charge is -2.16. The Morgan fingerprint density at radius 2 is 1.50 bits per heavy atom. The summed E-state index contributed by atoms with van der Waals surface area (Å²) in [6.07, 6.45) is 2.05. The summed E-state index contributed by atoms with van der Waals surface area (Å²) in [6.45, 7) is 11.3. The van der Waals surface area contributed by atoms with E-state index in [-0.39, 0.29) is 5.54 Å². The molecule has 0 radical (unpaired) electrons. The molecule has 0 saturated carbocycles. The van der Waals surface area contributed by atoms with Gasteiger partial charge in [-0.3, -0.25) is 0 Å². The van der Waals surface area contributed by atoms with Crippen molar-refractivity contribution in [1.29, 1.82) is 0 Å². The molecule has 0 aliphatic carbocycles. The SMILES string of the molecule is CC(C)(N)CCCN.CC(C)C. The van der Waals surface area contributed by atoms with E-state index in [4.69, 9.17) is 11.5 Å². The molecule has 0 aromatic rings. The second-order valence-electron chi connectivity index (χ2n) is 4.61. The van der Waals surface area contributed by atoms with Gasteiger partial charge >= 0.3 is 0 Å². The van der Waals surface area contributed by atoms with Crippen molar-refractivity contribution in [1.82, 2.24) is 0 Å². The number of hydrogen-bond acceptors (Lipinski definition) is 2. The third kappa shape index (κ3) is 32.6. The molecule has 0 bridgehead atoms. The van der Waals surface area contributed by atoms with Gasteiger partial charge in [-0.05, 0) is 39.2 Å². The average Bonchev–Trinajstić information content (AvgIpc) is 1.80. The predicted octanol–water partition coefficient (Wildman–Crippen LogP) is 2.12. The predicted molar refractivity (Wildman–Crippen MR) is 57.1 cm³/mol. The van der Waals surface area contributed by atoms with Gasteiger partial charge in [-0.2, -0.15) is 0 Å². The van der Waals surface area contributed by atoms with Crippen molar-refractivity contribution in [2.75, 3.05) is 6.54 Å². The van der Waals surface area contributed by atoms with E-state index >= 15 is 0 Å². The van der Waals surface area contributed by atoms with Crippen LogP contribution in [0.1, 0.15) is 47.5 Å². The number of hydrogen-bond donors (Lipinski definition) is 2. The van der Waals surface area contributed by atoms with Gasteiger partial charge in [-0.1, -0.05) is 20.8 Å². The summed E-state index contributed by atoms with van der Waals surface area (Å²) in [4.78, 5) is 0. The van der Waals surface area contributed by atoms with Gasteiger partial charge in [-0.15, -0.1) is 0 Å². The number of rotatable bonds is 3. The second-order valence-corrected chi connectivity index (χ2v) is 4.61. The zero-order valence-electron chi connectivity index (χ0n) is 9.35. The van der Waals surface area contributed by atoms with Crippen LogP contribution in [-0.2, 0) is 0 Å². The Balaban J connectivity index is 0. The molecule has 4 N–H and O–H groups in total. The maximum Gasteiger partial charge on any atom is 0.00975 e. The van der Waals surface area contributed by atoms with Gasteiger partial charge in [0, 0.05) is 5.54 Å². The zero-order valence-corrected chi connectivity index (χ0v) is 9.35. The largest absolute Gasteiger partial charge is 0.330 e. The first-order valence-corrected chi connectivity index (χ1v) is 4.78. The van der Waals surface area contributed by atoms with Crippen molar-refractivity contribution in [3.05, 3.63) is 0 Å². The van der Waals surface area contributed by atoms with Crippen LogP contribution in [0.3, 0.4) is 0 Å². The first-order chi connectivity index (χ1) is 5.29. The highest BCUT2D eigenvalue weighted by atomic mass is 14.7. The van der Waals surface area contributed by atoms with E-state index in [2.05, 4.69) is 20.8 Å². The summed E-state index contributed by atoms with van der Waals surface area (Å²) in [5.74, 6) is 0.833. The molecule has 0 fully saturated rings. The first kappa shape index (κ1) is 14.4. The molecule has 0 amide bonds. The third-order valence-electron chi connectivity index (χ3n) is 1.03. The van der Waals surface area contributed by atoms with E-state index in [1.54, 1.807) is 0 Å². The zero-order chi connectivity index (χ0) is 10.2. The topological polar surface area (TPSA) is 52.0 Å². The molecule has 0 saturated heterocycles. The highest BCUT2D eigenvalue weighted by Gasteiger charge is 2.07. The maximum atomic E-state index is 5.67. The van der Waals surface area contributed by atoms with Crippen LogP contribution in [0.2, 0.25) is 0 Å². The third-order valence-corrected chi connectivity index (χ3v) is 1.03. The fourth-order valence-electron chi connectivity index (χ4n) is 0.558. The molecule has 0 spiro atoms. The summed E-state index contributed by atoms with van der Waals surface area (Å²) in [5, 5.41) is 0. The van der Waals surface area contributed by atoms with Crippen molar-refractivity contribution in [3.8, 4) is 0 Å². The van der Waals surface area contributed by atoms with Crippen LogP contribution in [0.25, 0.3) is 0 Å². The fraction of sp³-hybridized carbons (Fsp3) is 1.00. The monoisotopic (exact) mass is 174 g/mol. The summed E-state index contributed by atoms with van der Waals surface area (Å²) in [5.41, 5.74) is 10.9. The molecule has 0 aromatic carbocycles. The van der Waals surface area contributed by atoms with Crippen LogP contribution in [0.15, 0.2) is 0 Å². The van der Waals surface area contributed by atoms with E-state index in [0.29, 0.717) is 0 Å². The molecule has 12 heavy (non-hydrogen) atoms. The molecule has 2 heteroatoms. The Hall–Kier alpha value is -0.0800. The normalized spacial score (nSPS) is 11.0. The molecule has 0 atom stereocenters. The van der Waals surface area contributed by atoms with Gasteiger partial charge < -0.3 is 11.5 Å². The maximum absolute atomic E-state index is 5.67. The standard InChI is InChI=1S/C6H16N2.C4H10/c1-6(2,8)4-3-5-7;1-4(2)3/h3-5,7-8H2,1-2H3;4H,1-3H3.